The van der Waals surface area contributed by atoms with E-state index in [0.29, 0.717) is 10.6 Å². The Morgan fingerprint density at radius 2 is 1.77 bits per heavy atom. The third kappa shape index (κ3) is 4.98. The molecule has 0 saturated carbocycles. The molecule has 0 amide bonds. The molecule has 0 aliphatic carbocycles. The van der Waals surface area contributed by atoms with Crippen molar-refractivity contribution in [3.8, 4) is 0 Å². The fourth-order valence-electron chi connectivity index (χ4n) is 3.81. The lowest BCUT2D eigenvalue weighted by atomic mass is 10.2. The van der Waals surface area contributed by atoms with Crippen LogP contribution in [0, 0.1) is 0 Å². The zero-order valence-corrected chi connectivity index (χ0v) is 19.5. The Balaban J connectivity index is 1.26. The van der Waals surface area contributed by atoms with Crippen molar-refractivity contribution in [2.24, 2.45) is 0 Å². The van der Waals surface area contributed by atoms with Gasteiger partial charge in [0.1, 0.15) is 0 Å². The minimum absolute atomic E-state index is 0.108. The molecular weight excluding hydrogens is 493 g/mol. The van der Waals surface area contributed by atoms with Crippen molar-refractivity contribution in [3.05, 3.63) is 57.9 Å². The van der Waals surface area contributed by atoms with Crippen LogP contribution < -0.4 is 4.90 Å². The summed E-state index contributed by atoms with van der Waals surface area (Å²) in [6, 6.07) is 13.3. The highest BCUT2D eigenvalue weighted by atomic mass is 79.9. The van der Waals surface area contributed by atoms with E-state index < -0.39 is 11.7 Å². The molecule has 1 aromatic heterocycles. The van der Waals surface area contributed by atoms with Crippen molar-refractivity contribution >= 4 is 54.8 Å². The fraction of sp³-hybridized carbons (Fsp3) is 0.364. The van der Waals surface area contributed by atoms with Gasteiger partial charge in [-0.3, -0.25) is 4.90 Å². The van der Waals surface area contributed by atoms with E-state index in [2.05, 4.69) is 55.4 Å². The standard InChI is InChI=1S/C22H22BrF3N2S2/c23-17-5-2-7-19(20(17)22(24,25)26)29-14-3-9-27-10-12-28(13-11-27)18-6-1-4-16-8-15-30-21(16)18/h1-2,4-8,15H,3,9-14H2. The lowest BCUT2D eigenvalue weighted by molar-refractivity contribution is -0.140. The first kappa shape index (κ1) is 22.0. The first-order valence-corrected chi connectivity index (χ1v) is 12.5. The Labute approximate surface area is 191 Å². The molecule has 0 spiro atoms. The van der Waals surface area contributed by atoms with Gasteiger partial charge in [0.15, 0.2) is 0 Å². The third-order valence-electron chi connectivity index (χ3n) is 5.31. The van der Waals surface area contributed by atoms with Crippen molar-refractivity contribution in [2.75, 3.05) is 43.4 Å². The van der Waals surface area contributed by atoms with Gasteiger partial charge >= 0.3 is 6.18 Å². The maximum atomic E-state index is 13.3. The van der Waals surface area contributed by atoms with Crippen molar-refractivity contribution in [1.29, 1.82) is 0 Å². The summed E-state index contributed by atoms with van der Waals surface area (Å²) in [6.07, 6.45) is -3.47. The number of rotatable bonds is 6. The number of hydrogen-bond donors (Lipinski definition) is 0. The number of halogens is 4. The van der Waals surface area contributed by atoms with Gasteiger partial charge in [-0.2, -0.15) is 13.2 Å². The van der Waals surface area contributed by atoms with E-state index in [1.165, 1.54) is 33.6 Å². The second-order valence-electron chi connectivity index (χ2n) is 7.26. The molecule has 1 aliphatic rings. The number of anilines is 1. The molecule has 0 bridgehead atoms. The average molecular weight is 515 g/mol. The minimum Gasteiger partial charge on any atom is -0.368 e. The summed E-state index contributed by atoms with van der Waals surface area (Å²) < 4.78 is 41.4. The van der Waals surface area contributed by atoms with Crippen LogP contribution in [0.1, 0.15) is 12.0 Å². The molecule has 30 heavy (non-hydrogen) atoms. The molecule has 160 valence electrons. The summed E-state index contributed by atoms with van der Waals surface area (Å²) in [5.41, 5.74) is 0.749. The van der Waals surface area contributed by atoms with Gasteiger partial charge in [0.25, 0.3) is 0 Å². The molecule has 0 atom stereocenters. The maximum Gasteiger partial charge on any atom is 0.418 e. The first-order valence-electron chi connectivity index (χ1n) is 9.85. The summed E-state index contributed by atoms with van der Waals surface area (Å²) in [7, 11) is 0. The summed E-state index contributed by atoms with van der Waals surface area (Å²) in [5, 5.41) is 3.43. The molecule has 2 aromatic carbocycles. The summed E-state index contributed by atoms with van der Waals surface area (Å²) >= 11 is 6.12. The lowest BCUT2D eigenvalue weighted by Crippen LogP contribution is -2.46. The zero-order chi connectivity index (χ0) is 21.1. The Hall–Kier alpha value is -1.22. The Bertz CT molecular complexity index is 997. The molecule has 3 aromatic rings. The van der Waals surface area contributed by atoms with Gasteiger partial charge < -0.3 is 4.90 Å². The van der Waals surface area contributed by atoms with Crippen LogP contribution in [-0.2, 0) is 6.18 Å². The highest BCUT2D eigenvalue weighted by Crippen LogP contribution is 2.41. The molecule has 2 heterocycles. The molecule has 1 aliphatic heterocycles. The van der Waals surface area contributed by atoms with Gasteiger partial charge in [-0.25, -0.2) is 0 Å². The van der Waals surface area contributed by atoms with E-state index in [0.717, 1.165) is 39.1 Å². The molecule has 2 nitrogen and oxygen atoms in total. The first-order chi connectivity index (χ1) is 14.4. The second kappa shape index (κ2) is 9.51. The normalized spacial score (nSPS) is 15.8. The number of fused-ring (bicyclic) bond motifs is 1. The molecule has 8 heteroatoms. The maximum absolute atomic E-state index is 13.3. The van der Waals surface area contributed by atoms with Gasteiger partial charge in [-0.15, -0.1) is 23.1 Å². The van der Waals surface area contributed by atoms with Gasteiger partial charge in [0, 0.05) is 35.5 Å². The average Bonchev–Trinajstić information content (AvgIpc) is 3.20. The predicted molar refractivity (Wildman–Crippen MR) is 125 cm³/mol. The van der Waals surface area contributed by atoms with Gasteiger partial charge in [-0.05, 0) is 53.8 Å². The van der Waals surface area contributed by atoms with Crippen LogP contribution in [0.5, 0.6) is 0 Å². The van der Waals surface area contributed by atoms with Crippen LogP contribution in [0.2, 0.25) is 0 Å². The van der Waals surface area contributed by atoms with Crippen LogP contribution in [0.15, 0.2) is 57.2 Å². The van der Waals surface area contributed by atoms with E-state index in [1.54, 1.807) is 23.5 Å². The van der Waals surface area contributed by atoms with Crippen molar-refractivity contribution < 1.29 is 13.2 Å². The van der Waals surface area contributed by atoms with Gasteiger partial charge in [0.2, 0.25) is 0 Å². The number of hydrogen-bond acceptors (Lipinski definition) is 4. The van der Waals surface area contributed by atoms with Crippen molar-refractivity contribution in [1.82, 2.24) is 4.90 Å². The molecule has 4 rings (SSSR count). The topological polar surface area (TPSA) is 6.48 Å². The SMILES string of the molecule is FC(F)(F)c1c(Br)cccc1SCCCN1CCN(c2cccc3ccsc23)CC1. The minimum atomic E-state index is -4.34. The van der Waals surface area contributed by atoms with Crippen LogP contribution in [0.4, 0.5) is 18.9 Å². The highest BCUT2D eigenvalue weighted by molar-refractivity contribution is 9.10. The number of alkyl halides is 3. The summed E-state index contributed by atoms with van der Waals surface area (Å²) in [6.45, 7) is 4.84. The third-order valence-corrected chi connectivity index (χ3v) is 8.06. The zero-order valence-electron chi connectivity index (χ0n) is 16.3. The number of nitrogens with zero attached hydrogens (tertiary/aromatic N) is 2. The van der Waals surface area contributed by atoms with Crippen molar-refractivity contribution in [3.63, 3.8) is 0 Å². The smallest absolute Gasteiger partial charge is 0.368 e. The molecule has 1 fully saturated rings. The lowest BCUT2D eigenvalue weighted by Gasteiger charge is -2.36. The predicted octanol–water partition coefficient (Wildman–Crippen LogP) is 6.99. The van der Waals surface area contributed by atoms with Crippen LogP contribution in [-0.4, -0.2) is 43.4 Å². The largest absolute Gasteiger partial charge is 0.418 e. The van der Waals surface area contributed by atoms with Gasteiger partial charge in [-0.1, -0.05) is 34.1 Å². The quantitative estimate of drug-likeness (QED) is 0.258. The van der Waals surface area contributed by atoms with E-state index in [9.17, 15) is 13.2 Å². The monoisotopic (exact) mass is 514 g/mol. The molecule has 1 saturated heterocycles. The Kier molecular flexibility index (Phi) is 6.97. The number of thiophene rings is 1. The molecular formula is C22H22BrF3N2S2. The molecule has 0 unspecified atom stereocenters. The van der Waals surface area contributed by atoms with E-state index in [4.69, 9.17) is 0 Å². The number of piperazine rings is 1. The van der Waals surface area contributed by atoms with Crippen LogP contribution in [0.25, 0.3) is 10.1 Å². The second-order valence-corrected chi connectivity index (χ2v) is 10.2. The summed E-state index contributed by atoms with van der Waals surface area (Å²) in [5.74, 6) is 0.675. The van der Waals surface area contributed by atoms with Crippen molar-refractivity contribution in [2.45, 2.75) is 17.5 Å². The molecule has 0 radical (unpaired) electrons. The van der Waals surface area contributed by atoms with E-state index >= 15 is 0 Å². The highest BCUT2D eigenvalue weighted by Gasteiger charge is 2.35. The fourth-order valence-corrected chi connectivity index (χ4v) is 6.51. The molecule has 0 N–H and O–H groups in total. The Morgan fingerprint density at radius 3 is 2.53 bits per heavy atom. The Morgan fingerprint density at radius 1 is 1.00 bits per heavy atom. The number of thioether (sulfide) groups is 1. The van der Waals surface area contributed by atoms with Gasteiger partial charge in [0.05, 0.1) is 16.0 Å². The van der Waals surface area contributed by atoms with Crippen LogP contribution >= 0.6 is 39.0 Å². The van der Waals surface area contributed by atoms with E-state index in [1.807, 2.05) is 0 Å². The van der Waals surface area contributed by atoms with E-state index in [-0.39, 0.29) is 4.47 Å². The summed E-state index contributed by atoms with van der Waals surface area (Å²) in [4.78, 5) is 5.16. The van der Waals surface area contributed by atoms with Crippen LogP contribution in [0.3, 0.4) is 0 Å². The number of benzene rings is 2.